The Kier molecular flexibility index (Phi) is 7.07. The quantitative estimate of drug-likeness (QED) is 0.359. The van der Waals surface area contributed by atoms with E-state index in [4.69, 9.17) is 0 Å². The fourth-order valence-corrected chi connectivity index (χ4v) is 3.24. The van der Waals surface area contributed by atoms with Gasteiger partial charge in [-0.15, -0.1) is 0 Å². The Morgan fingerprint density at radius 2 is 1.52 bits per heavy atom. The third-order valence-electron chi connectivity index (χ3n) is 4.77. The van der Waals surface area contributed by atoms with Crippen LogP contribution in [-0.4, -0.2) is 40.2 Å². The Morgan fingerprint density at radius 3 is 2.10 bits per heavy atom. The maximum atomic E-state index is 12.8. The predicted molar refractivity (Wildman–Crippen MR) is 120 cm³/mol. The van der Waals surface area contributed by atoms with Crippen molar-refractivity contribution < 1.29 is 24.8 Å². The number of carboxylic acids is 1. The van der Waals surface area contributed by atoms with E-state index in [0.717, 1.165) is 16.7 Å². The fraction of sp³-hybridized carbons (Fsp3) is 0.130. The van der Waals surface area contributed by atoms with E-state index in [2.05, 4.69) is 10.5 Å². The molecular formula is C23H23BN2O5. The van der Waals surface area contributed by atoms with Gasteiger partial charge in [0.25, 0.3) is 0 Å². The minimum absolute atomic E-state index is 0.00935. The number of para-hydroxylation sites is 1. The molecule has 7 nitrogen and oxygen atoms in total. The first-order chi connectivity index (χ1) is 14.8. The van der Waals surface area contributed by atoms with Crippen molar-refractivity contribution >= 4 is 24.6 Å². The summed E-state index contributed by atoms with van der Waals surface area (Å²) in [5.74, 6) is -1.39. The maximum Gasteiger partial charge on any atom is 0.374 e. The minimum Gasteiger partial charge on any atom is -0.508 e. The van der Waals surface area contributed by atoms with Crippen molar-refractivity contribution in [2.24, 2.45) is 0 Å². The molecule has 3 rings (SSSR count). The molecule has 0 saturated carbocycles. The Bertz CT molecular complexity index is 1050. The van der Waals surface area contributed by atoms with Gasteiger partial charge in [0.2, 0.25) is 5.91 Å². The molecule has 0 radical (unpaired) electrons. The lowest BCUT2D eigenvalue weighted by molar-refractivity contribution is -0.117. The van der Waals surface area contributed by atoms with Gasteiger partial charge in [0.05, 0.1) is 17.3 Å². The van der Waals surface area contributed by atoms with Crippen LogP contribution in [0.4, 0.5) is 5.69 Å². The van der Waals surface area contributed by atoms with Crippen LogP contribution in [-0.2, 0) is 11.2 Å². The van der Waals surface area contributed by atoms with E-state index in [1.807, 2.05) is 36.4 Å². The Balaban J connectivity index is 1.76. The predicted octanol–water partition coefficient (Wildman–Crippen LogP) is 3.01. The number of carbonyl (C=O) groups excluding carboxylic acids is 1. The molecule has 1 unspecified atom stereocenters. The van der Waals surface area contributed by atoms with Gasteiger partial charge in [0.15, 0.2) is 0 Å². The number of aromatic carboxylic acids is 1. The average Bonchev–Trinajstić information content (AvgIpc) is 2.74. The molecule has 1 atom stereocenters. The maximum absolute atomic E-state index is 12.8. The summed E-state index contributed by atoms with van der Waals surface area (Å²) in [5, 5.41) is 34.0. The van der Waals surface area contributed by atoms with Gasteiger partial charge in [-0.25, -0.2) is 4.79 Å². The summed E-state index contributed by atoms with van der Waals surface area (Å²) < 4.78 is 0. The number of anilines is 1. The average molecular weight is 418 g/mol. The third kappa shape index (κ3) is 5.94. The zero-order chi connectivity index (χ0) is 22.4. The lowest BCUT2D eigenvalue weighted by atomic mass is 9.85. The second-order valence-corrected chi connectivity index (χ2v) is 7.18. The largest absolute Gasteiger partial charge is 0.508 e. The number of phenolic OH excluding ortho intramolecular Hbond substituents is 1. The van der Waals surface area contributed by atoms with E-state index in [1.165, 1.54) is 19.0 Å². The van der Waals surface area contributed by atoms with Crippen molar-refractivity contribution in [1.82, 2.24) is 5.23 Å². The van der Waals surface area contributed by atoms with Crippen LogP contribution in [0.2, 0.25) is 6.82 Å². The van der Waals surface area contributed by atoms with Crippen molar-refractivity contribution in [2.45, 2.75) is 19.3 Å². The number of carboxylic acid groups (broad SMARTS) is 1. The van der Waals surface area contributed by atoms with Crippen molar-refractivity contribution in [1.29, 1.82) is 0 Å². The zero-order valence-electron chi connectivity index (χ0n) is 16.9. The summed E-state index contributed by atoms with van der Waals surface area (Å²) in [6.45, 7) is 1.51. The molecule has 0 fully saturated rings. The lowest BCUT2D eigenvalue weighted by Gasteiger charge is -2.20. The van der Waals surface area contributed by atoms with Gasteiger partial charge in [-0.05, 0) is 54.2 Å². The molecule has 0 aliphatic rings. The van der Waals surface area contributed by atoms with Crippen molar-refractivity contribution in [3.8, 4) is 16.9 Å². The number of hydrogen-bond acceptors (Lipinski definition) is 5. The smallest absolute Gasteiger partial charge is 0.374 e. The monoisotopic (exact) mass is 418 g/mol. The summed E-state index contributed by atoms with van der Waals surface area (Å²) in [7, 11) is -0.929. The first kappa shape index (κ1) is 22.1. The van der Waals surface area contributed by atoms with Crippen LogP contribution in [0.15, 0.2) is 72.8 Å². The summed E-state index contributed by atoms with van der Waals surface area (Å²) in [6, 6.07) is 19.8. The topological polar surface area (TPSA) is 119 Å². The molecule has 0 spiro atoms. The number of carbonyl (C=O) groups is 2. The van der Waals surface area contributed by atoms with E-state index in [0.29, 0.717) is 6.42 Å². The molecule has 5 N–H and O–H groups in total. The molecule has 158 valence electrons. The summed E-state index contributed by atoms with van der Waals surface area (Å²) in [4.78, 5) is 24.2. The molecule has 8 heteroatoms. The van der Waals surface area contributed by atoms with Gasteiger partial charge in [-0.3, -0.25) is 4.79 Å². The molecule has 0 aliphatic carbocycles. The first-order valence-corrected chi connectivity index (χ1v) is 9.79. The Labute approximate surface area is 180 Å². The fourth-order valence-electron chi connectivity index (χ4n) is 3.24. The van der Waals surface area contributed by atoms with Crippen LogP contribution in [0, 0.1) is 0 Å². The summed E-state index contributed by atoms with van der Waals surface area (Å²) in [5.41, 5.74) is 2.96. The van der Waals surface area contributed by atoms with E-state index < -0.39 is 25.0 Å². The molecule has 31 heavy (non-hydrogen) atoms. The highest BCUT2D eigenvalue weighted by Crippen LogP contribution is 2.23. The van der Waals surface area contributed by atoms with Crippen LogP contribution < -0.4 is 10.5 Å². The SMILES string of the molecule is CB(O)NC(Cc1ccc(-c2ccc(O)cc2)cc1)C(=O)Nc1ccccc1C(=O)O. The normalized spacial score (nSPS) is 11.5. The number of rotatable bonds is 8. The van der Waals surface area contributed by atoms with Crippen molar-refractivity contribution in [2.75, 3.05) is 5.32 Å². The number of nitrogens with one attached hydrogen (secondary N) is 2. The van der Waals surface area contributed by atoms with Crippen molar-refractivity contribution in [3.05, 3.63) is 83.9 Å². The van der Waals surface area contributed by atoms with Gasteiger partial charge >= 0.3 is 13.0 Å². The zero-order valence-corrected chi connectivity index (χ0v) is 16.9. The van der Waals surface area contributed by atoms with Crippen LogP contribution in [0.1, 0.15) is 15.9 Å². The molecule has 0 bridgehead atoms. The number of aromatic hydroxyl groups is 1. The molecular weight excluding hydrogens is 395 g/mol. The van der Waals surface area contributed by atoms with E-state index in [1.54, 1.807) is 24.3 Å². The number of benzene rings is 3. The van der Waals surface area contributed by atoms with Gasteiger partial charge in [-0.1, -0.05) is 48.5 Å². The highest BCUT2D eigenvalue weighted by Gasteiger charge is 2.23. The minimum atomic E-state index is -1.14. The van der Waals surface area contributed by atoms with Gasteiger partial charge in [-0.2, -0.15) is 0 Å². The Hall–Kier alpha value is -3.62. The van der Waals surface area contributed by atoms with Gasteiger partial charge in [0.1, 0.15) is 5.75 Å². The van der Waals surface area contributed by atoms with Crippen LogP contribution in [0.25, 0.3) is 11.1 Å². The summed E-state index contributed by atoms with van der Waals surface area (Å²) in [6.07, 6.45) is 0.293. The first-order valence-electron chi connectivity index (χ1n) is 9.79. The molecule has 0 aliphatic heterocycles. The molecule has 3 aromatic carbocycles. The molecule has 0 saturated heterocycles. The molecule has 1 amide bonds. The van der Waals surface area contributed by atoms with Gasteiger partial charge in [0, 0.05) is 0 Å². The van der Waals surface area contributed by atoms with E-state index in [9.17, 15) is 24.8 Å². The molecule has 0 heterocycles. The highest BCUT2D eigenvalue weighted by atomic mass is 16.4. The second kappa shape index (κ2) is 9.93. The second-order valence-electron chi connectivity index (χ2n) is 7.18. The number of amides is 1. The highest BCUT2D eigenvalue weighted by molar-refractivity contribution is 6.46. The van der Waals surface area contributed by atoms with Crippen LogP contribution in [0.5, 0.6) is 5.75 Å². The van der Waals surface area contributed by atoms with Crippen LogP contribution in [0.3, 0.4) is 0 Å². The molecule has 3 aromatic rings. The standard InChI is InChI=1S/C23H23BN2O5/c1-24(31)26-21(22(28)25-20-5-3-2-4-19(20)23(29)30)14-15-6-8-16(9-7-15)17-10-12-18(27)13-11-17/h2-13,21,26-27,31H,14H2,1H3,(H,25,28)(H,29,30). The molecule has 0 aromatic heterocycles. The van der Waals surface area contributed by atoms with Crippen molar-refractivity contribution in [3.63, 3.8) is 0 Å². The summed E-state index contributed by atoms with van der Waals surface area (Å²) >= 11 is 0. The lowest BCUT2D eigenvalue weighted by Crippen LogP contribution is -2.48. The van der Waals surface area contributed by atoms with Crippen LogP contribution >= 0.6 is 0 Å². The number of phenols is 1. The third-order valence-corrected chi connectivity index (χ3v) is 4.77. The Morgan fingerprint density at radius 1 is 0.935 bits per heavy atom. The van der Waals surface area contributed by atoms with E-state index >= 15 is 0 Å². The van der Waals surface area contributed by atoms with Gasteiger partial charge < -0.3 is 25.8 Å². The van der Waals surface area contributed by atoms with E-state index in [-0.39, 0.29) is 17.0 Å². The number of hydrogen-bond donors (Lipinski definition) is 5.